The number of aryl methyl sites for hydroxylation is 1. The Balaban J connectivity index is 1.88. The maximum atomic E-state index is 12.7. The highest BCUT2D eigenvalue weighted by atomic mass is 79.9. The van der Waals surface area contributed by atoms with E-state index < -0.39 is 0 Å². The Morgan fingerprint density at radius 1 is 1.04 bits per heavy atom. The lowest BCUT2D eigenvalue weighted by atomic mass is 10.1. The number of methoxy groups -OCH3 is 2. The molecule has 5 nitrogen and oxygen atoms in total. The Morgan fingerprint density at radius 3 is 2.52 bits per heavy atom. The third-order valence-electron chi connectivity index (χ3n) is 4.11. The summed E-state index contributed by atoms with van der Waals surface area (Å²) < 4.78 is 11.5. The normalized spacial score (nSPS) is 10.4. The van der Waals surface area contributed by atoms with Crippen molar-refractivity contribution in [2.45, 2.75) is 6.92 Å². The number of rotatable bonds is 5. The Hall–Kier alpha value is -2.86. The molecule has 27 heavy (non-hydrogen) atoms. The van der Waals surface area contributed by atoms with Crippen molar-refractivity contribution in [2.24, 2.45) is 0 Å². The number of carbonyl (C=O) groups is 1. The van der Waals surface area contributed by atoms with Crippen LogP contribution in [0.4, 0.5) is 5.69 Å². The van der Waals surface area contributed by atoms with Crippen LogP contribution < -0.4 is 14.8 Å². The summed E-state index contributed by atoms with van der Waals surface area (Å²) in [4.78, 5) is 17.3. The first-order valence-electron chi connectivity index (χ1n) is 8.29. The number of aromatic nitrogens is 1. The van der Waals surface area contributed by atoms with E-state index in [0.717, 1.165) is 15.7 Å². The fraction of sp³-hybridized carbons (Fsp3) is 0.143. The number of ether oxygens (including phenoxy) is 2. The van der Waals surface area contributed by atoms with E-state index in [1.807, 2.05) is 37.3 Å². The average Bonchev–Trinajstić information content (AvgIpc) is 2.67. The first-order chi connectivity index (χ1) is 13.0. The highest BCUT2D eigenvalue weighted by molar-refractivity contribution is 9.10. The van der Waals surface area contributed by atoms with E-state index in [2.05, 4.69) is 26.2 Å². The summed E-state index contributed by atoms with van der Waals surface area (Å²) in [6, 6.07) is 16.7. The molecule has 0 aliphatic rings. The van der Waals surface area contributed by atoms with Crippen molar-refractivity contribution >= 4 is 27.5 Å². The van der Waals surface area contributed by atoms with Crippen LogP contribution in [0.5, 0.6) is 11.5 Å². The number of anilines is 1. The number of benzene rings is 2. The molecule has 3 rings (SSSR count). The number of nitrogens with one attached hydrogen (secondary N) is 1. The van der Waals surface area contributed by atoms with Crippen LogP contribution in [-0.2, 0) is 0 Å². The van der Waals surface area contributed by atoms with E-state index in [1.54, 1.807) is 38.5 Å². The quantitative estimate of drug-likeness (QED) is 0.616. The Bertz CT molecular complexity index is 989. The van der Waals surface area contributed by atoms with Gasteiger partial charge in [-0.2, -0.15) is 0 Å². The van der Waals surface area contributed by atoms with Gasteiger partial charge in [0.25, 0.3) is 5.91 Å². The van der Waals surface area contributed by atoms with E-state index in [9.17, 15) is 4.79 Å². The van der Waals surface area contributed by atoms with Gasteiger partial charge in [0.1, 0.15) is 11.5 Å². The SMILES string of the molecule is COc1ccc(OC)c(NC(=O)c2ccc(-c3cccc(Br)c3)nc2C)c1. The minimum atomic E-state index is -0.257. The second kappa shape index (κ2) is 8.22. The number of pyridine rings is 1. The maximum absolute atomic E-state index is 12.7. The molecule has 0 aliphatic heterocycles. The van der Waals surface area contributed by atoms with Crippen LogP contribution in [0.2, 0.25) is 0 Å². The van der Waals surface area contributed by atoms with Crippen LogP contribution in [-0.4, -0.2) is 25.1 Å². The Morgan fingerprint density at radius 2 is 1.85 bits per heavy atom. The lowest BCUT2D eigenvalue weighted by Gasteiger charge is -2.13. The van der Waals surface area contributed by atoms with Gasteiger partial charge in [0.2, 0.25) is 0 Å². The number of amides is 1. The van der Waals surface area contributed by atoms with E-state index in [0.29, 0.717) is 28.4 Å². The predicted molar refractivity (Wildman–Crippen MR) is 110 cm³/mol. The molecule has 2 aromatic carbocycles. The van der Waals surface area contributed by atoms with E-state index >= 15 is 0 Å². The van der Waals surface area contributed by atoms with Crippen LogP contribution in [0.3, 0.4) is 0 Å². The summed E-state index contributed by atoms with van der Waals surface area (Å²) in [5.74, 6) is 0.929. The summed E-state index contributed by atoms with van der Waals surface area (Å²) in [6.45, 7) is 1.82. The molecule has 0 saturated heterocycles. The minimum absolute atomic E-state index is 0.257. The molecular formula is C21H19BrN2O3. The van der Waals surface area contributed by atoms with Gasteiger partial charge in [0, 0.05) is 16.1 Å². The van der Waals surface area contributed by atoms with Gasteiger partial charge in [-0.15, -0.1) is 0 Å². The van der Waals surface area contributed by atoms with Gasteiger partial charge in [-0.3, -0.25) is 9.78 Å². The molecule has 0 saturated carbocycles. The molecule has 1 aromatic heterocycles. The van der Waals surface area contributed by atoms with E-state index in [-0.39, 0.29) is 5.91 Å². The number of carbonyl (C=O) groups excluding carboxylic acids is 1. The molecule has 1 amide bonds. The molecule has 3 aromatic rings. The fourth-order valence-corrected chi connectivity index (χ4v) is 3.11. The molecule has 0 bridgehead atoms. The molecule has 0 unspecified atom stereocenters. The summed E-state index contributed by atoms with van der Waals surface area (Å²) in [5.41, 5.74) is 3.47. The lowest BCUT2D eigenvalue weighted by molar-refractivity contribution is 0.102. The van der Waals surface area contributed by atoms with Crippen LogP contribution in [0.25, 0.3) is 11.3 Å². The van der Waals surface area contributed by atoms with E-state index in [1.165, 1.54) is 0 Å². The zero-order valence-corrected chi connectivity index (χ0v) is 16.8. The maximum Gasteiger partial charge on any atom is 0.257 e. The fourth-order valence-electron chi connectivity index (χ4n) is 2.71. The molecule has 1 heterocycles. The van der Waals surface area contributed by atoms with Gasteiger partial charge in [-0.1, -0.05) is 28.1 Å². The molecule has 0 fully saturated rings. The minimum Gasteiger partial charge on any atom is -0.497 e. The number of halogens is 1. The largest absolute Gasteiger partial charge is 0.497 e. The molecule has 138 valence electrons. The second-order valence-electron chi connectivity index (χ2n) is 5.86. The predicted octanol–water partition coefficient (Wildman–Crippen LogP) is 5.09. The third kappa shape index (κ3) is 4.28. The monoisotopic (exact) mass is 426 g/mol. The first-order valence-corrected chi connectivity index (χ1v) is 9.08. The molecule has 6 heteroatoms. The summed E-state index contributed by atoms with van der Waals surface area (Å²) in [7, 11) is 3.12. The van der Waals surface area contributed by atoms with Crippen molar-refractivity contribution in [3.8, 4) is 22.8 Å². The van der Waals surface area contributed by atoms with Crippen molar-refractivity contribution in [3.63, 3.8) is 0 Å². The van der Waals surface area contributed by atoms with Crippen LogP contribution in [0.15, 0.2) is 59.1 Å². The first kappa shape index (κ1) is 18.9. The van der Waals surface area contributed by atoms with Gasteiger partial charge in [0.05, 0.1) is 36.9 Å². The van der Waals surface area contributed by atoms with Crippen molar-refractivity contribution in [2.75, 3.05) is 19.5 Å². The van der Waals surface area contributed by atoms with Gasteiger partial charge >= 0.3 is 0 Å². The van der Waals surface area contributed by atoms with E-state index in [4.69, 9.17) is 9.47 Å². The Kier molecular flexibility index (Phi) is 5.76. The van der Waals surface area contributed by atoms with Crippen LogP contribution >= 0.6 is 15.9 Å². The molecule has 0 atom stereocenters. The average molecular weight is 427 g/mol. The molecule has 0 radical (unpaired) electrons. The number of nitrogens with zero attached hydrogens (tertiary/aromatic N) is 1. The van der Waals surface area contributed by atoms with Crippen molar-refractivity contribution in [1.82, 2.24) is 4.98 Å². The van der Waals surface area contributed by atoms with Crippen molar-refractivity contribution in [3.05, 3.63) is 70.3 Å². The highest BCUT2D eigenvalue weighted by Gasteiger charge is 2.14. The van der Waals surface area contributed by atoms with Crippen molar-refractivity contribution in [1.29, 1.82) is 0 Å². The zero-order chi connectivity index (χ0) is 19.4. The third-order valence-corrected chi connectivity index (χ3v) is 4.60. The standard InChI is InChI=1S/C21H19BrN2O3/c1-13-17(8-9-18(23-13)14-5-4-6-15(22)11-14)21(25)24-19-12-16(26-2)7-10-20(19)27-3/h4-12H,1-3H3,(H,24,25). The van der Waals surface area contributed by atoms with Gasteiger partial charge < -0.3 is 14.8 Å². The van der Waals surface area contributed by atoms with Gasteiger partial charge in [-0.25, -0.2) is 0 Å². The zero-order valence-electron chi connectivity index (χ0n) is 15.2. The van der Waals surface area contributed by atoms with Crippen LogP contribution in [0, 0.1) is 6.92 Å². The van der Waals surface area contributed by atoms with Crippen LogP contribution in [0.1, 0.15) is 16.1 Å². The van der Waals surface area contributed by atoms with Gasteiger partial charge in [-0.05, 0) is 43.3 Å². The summed E-state index contributed by atoms with van der Waals surface area (Å²) >= 11 is 3.46. The van der Waals surface area contributed by atoms with Crippen molar-refractivity contribution < 1.29 is 14.3 Å². The highest BCUT2D eigenvalue weighted by Crippen LogP contribution is 2.30. The molecule has 0 aliphatic carbocycles. The molecule has 0 spiro atoms. The Labute approximate surface area is 166 Å². The smallest absolute Gasteiger partial charge is 0.257 e. The number of hydrogen-bond donors (Lipinski definition) is 1. The number of hydrogen-bond acceptors (Lipinski definition) is 4. The molecule has 1 N–H and O–H groups in total. The second-order valence-corrected chi connectivity index (χ2v) is 6.78. The van der Waals surface area contributed by atoms with Gasteiger partial charge in [0.15, 0.2) is 0 Å². The topological polar surface area (TPSA) is 60.5 Å². The lowest BCUT2D eigenvalue weighted by Crippen LogP contribution is -2.15. The summed E-state index contributed by atoms with van der Waals surface area (Å²) in [6.07, 6.45) is 0. The molecular weight excluding hydrogens is 408 g/mol. The summed E-state index contributed by atoms with van der Waals surface area (Å²) in [5, 5.41) is 2.87.